The number of thioether (sulfide) groups is 1. The van der Waals surface area contributed by atoms with E-state index in [-0.39, 0.29) is 5.75 Å². The normalized spacial score (nSPS) is 11.4. The molecule has 1 rings (SSSR count). The third kappa shape index (κ3) is 5.69. The van der Waals surface area contributed by atoms with Gasteiger partial charge in [-0.25, -0.2) is 0 Å². The van der Waals surface area contributed by atoms with Crippen molar-refractivity contribution in [3.05, 3.63) is 24.2 Å². The predicted molar refractivity (Wildman–Crippen MR) is 53.9 cm³/mol. The number of halogens is 3. The molecule has 1 heterocycles. The number of carbonyl (C=O) groups is 1. The van der Waals surface area contributed by atoms with Gasteiger partial charge in [0.05, 0.1) is 17.8 Å². The van der Waals surface area contributed by atoms with Gasteiger partial charge in [-0.2, -0.15) is 13.2 Å². The minimum atomic E-state index is -4.36. The fourth-order valence-electron chi connectivity index (χ4n) is 0.889. The zero-order chi connectivity index (χ0) is 12.0. The van der Waals surface area contributed by atoms with Gasteiger partial charge in [-0.3, -0.25) is 4.79 Å². The van der Waals surface area contributed by atoms with Gasteiger partial charge in [0.2, 0.25) is 5.91 Å². The molecule has 0 fully saturated rings. The smallest absolute Gasteiger partial charge is 0.405 e. The maximum atomic E-state index is 11.7. The summed E-state index contributed by atoms with van der Waals surface area (Å²) in [5.41, 5.74) is 0. The number of rotatable bonds is 5. The topological polar surface area (TPSA) is 42.2 Å². The van der Waals surface area contributed by atoms with E-state index >= 15 is 0 Å². The first-order valence-corrected chi connectivity index (χ1v) is 5.56. The van der Waals surface area contributed by atoms with E-state index in [1.165, 1.54) is 18.0 Å². The molecule has 1 aromatic rings. The van der Waals surface area contributed by atoms with Gasteiger partial charge in [-0.15, -0.1) is 11.8 Å². The molecule has 16 heavy (non-hydrogen) atoms. The standard InChI is InChI=1S/C9H10F3NO2S/c10-9(11,12)6-13-8(14)5-16-4-7-2-1-3-15-7/h1-3H,4-6H2,(H,13,14). The quantitative estimate of drug-likeness (QED) is 0.874. The summed E-state index contributed by atoms with van der Waals surface area (Å²) in [4.78, 5) is 11.0. The molecule has 1 aromatic heterocycles. The van der Waals surface area contributed by atoms with Crippen molar-refractivity contribution in [1.82, 2.24) is 5.32 Å². The average molecular weight is 253 g/mol. The summed E-state index contributed by atoms with van der Waals surface area (Å²) in [7, 11) is 0. The van der Waals surface area contributed by atoms with Crippen LogP contribution in [0.15, 0.2) is 22.8 Å². The number of hydrogen-bond acceptors (Lipinski definition) is 3. The highest BCUT2D eigenvalue weighted by atomic mass is 32.2. The lowest BCUT2D eigenvalue weighted by Gasteiger charge is -2.07. The summed E-state index contributed by atoms with van der Waals surface area (Å²) in [6.07, 6.45) is -2.86. The molecule has 7 heteroatoms. The summed E-state index contributed by atoms with van der Waals surface area (Å²) in [5.74, 6) is 0.506. The Morgan fingerprint density at radius 2 is 2.25 bits per heavy atom. The van der Waals surface area contributed by atoms with Crippen molar-refractivity contribution in [3.63, 3.8) is 0 Å². The van der Waals surface area contributed by atoms with E-state index in [9.17, 15) is 18.0 Å². The fraction of sp³-hybridized carbons (Fsp3) is 0.444. The van der Waals surface area contributed by atoms with E-state index in [0.29, 0.717) is 11.5 Å². The Morgan fingerprint density at radius 3 is 2.81 bits per heavy atom. The van der Waals surface area contributed by atoms with Gasteiger partial charge >= 0.3 is 6.18 Å². The molecule has 90 valence electrons. The molecule has 3 nitrogen and oxygen atoms in total. The largest absolute Gasteiger partial charge is 0.468 e. The van der Waals surface area contributed by atoms with Crippen LogP contribution in [0.2, 0.25) is 0 Å². The lowest BCUT2D eigenvalue weighted by atomic mass is 10.5. The van der Waals surface area contributed by atoms with E-state index in [1.54, 1.807) is 17.4 Å². The van der Waals surface area contributed by atoms with Crippen LogP contribution in [-0.2, 0) is 10.5 Å². The summed E-state index contributed by atoms with van der Waals surface area (Å²) < 4.78 is 40.2. The van der Waals surface area contributed by atoms with Crippen LogP contribution in [0.4, 0.5) is 13.2 Å². The minimum Gasteiger partial charge on any atom is -0.468 e. The lowest BCUT2D eigenvalue weighted by molar-refractivity contribution is -0.136. The highest BCUT2D eigenvalue weighted by Gasteiger charge is 2.27. The molecule has 1 amide bonds. The number of nitrogens with one attached hydrogen (secondary N) is 1. The number of amides is 1. The molecule has 0 aromatic carbocycles. The van der Waals surface area contributed by atoms with E-state index in [0.717, 1.165) is 0 Å². The molecule has 0 aliphatic heterocycles. The SMILES string of the molecule is O=C(CSCc1ccco1)NCC(F)(F)F. The molecular weight excluding hydrogens is 243 g/mol. The summed E-state index contributed by atoms with van der Waals surface area (Å²) in [5, 5.41) is 1.79. The molecule has 0 unspecified atom stereocenters. The van der Waals surface area contributed by atoms with Crippen molar-refractivity contribution >= 4 is 17.7 Å². The highest BCUT2D eigenvalue weighted by molar-refractivity contribution is 7.99. The van der Waals surface area contributed by atoms with Crippen LogP contribution in [0, 0.1) is 0 Å². The average Bonchev–Trinajstić information content (AvgIpc) is 2.66. The van der Waals surface area contributed by atoms with Crippen LogP contribution in [0.3, 0.4) is 0 Å². The first-order chi connectivity index (χ1) is 7.47. The monoisotopic (exact) mass is 253 g/mol. The van der Waals surface area contributed by atoms with Crippen molar-refractivity contribution in [1.29, 1.82) is 0 Å². The van der Waals surface area contributed by atoms with Crippen LogP contribution in [0.1, 0.15) is 5.76 Å². The second kappa shape index (κ2) is 5.83. The van der Waals surface area contributed by atoms with Crippen LogP contribution in [-0.4, -0.2) is 24.4 Å². The maximum absolute atomic E-state index is 11.7. The number of alkyl halides is 3. The number of furan rings is 1. The van der Waals surface area contributed by atoms with Gasteiger partial charge in [-0.05, 0) is 12.1 Å². The van der Waals surface area contributed by atoms with Crippen LogP contribution in [0.25, 0.3) is 0 Å². The molecule has 0 saturated heterocycles. The van der Waals surface area contributed by atoms with E-state index in [2.05, 4.69) is 0 Å². The summed E-state index contributed by atoms with van der Waals surface area (Å²) in [6.45, 7) is -1.28. The number of carbonyl (C=O) groups excluding carboxylic acids is 1. The number of hydrogen-bond donors (Lipinski definition) is 1. The molecule has 0 spiro atoms. The van der Waals surface area contributed by atoms with Crippen LogP contribution < -0.4 is 5.32 Å². The van der Waals surface area contributed by atoms with Crippen LogP contribution >= 0.6 is 11.8 Å². The minimum absolute atomic E-state index is 0.0171. The third-order valence-electron chi connectivity index (χ3n) is 1.54. The van der Waals surface area contributed by atoms with Crippen molar-refractivity contribution in [2.45, 2.75) is 11.9 Å². The van der Waals surface area contributed by atoms with Gasteiger partial charge in [0.25, 0.3) is 0 Å². The molecule has 0 aliphatic rings. The lowest BCUT2D eigenvalue weighted by Crippen LogP contribution is -2.34. The van der Waals surface area contributed by atoms with Crippen molar-refractivity contribution in [3.8, 4) is 0 Å². The first kappa shape index (κ1) is 13.0. The Morgan fingerprint density at radius 1 is 1.50 bits per heavy atom. The van der Waals surface area contributed by atoms with E-state index in [4.69, 9.17) is 4.42 Å². The Kier molecular flexibility index (Phi) is 4.72. The van der Waals surface area contributed by atoms with Gasteiger partial charge in [0, 0.05) is 0 Å². The maximum Gasteiger partial charge on any atom is 0.405 e. The zero-order valence-electron chi connectivity index (χ0n) is 8.21. The van der Waals surface area contributed by atoms with Gasteiger partial charge in [0.1, 0.15) is 12.3 Å². The van der Waals surface area contributed by atoms with Crippen molar-refractivity contribution < 1.29 is 22.4 Å². The molecule has 0 saturated carbocycles. The summed E-state index contributed by atoms with van der Waals surface area (Å²) in [6, 6.07) is 3.44. The summed E-state index contributed by atoms with van der Waals surface area (Å²) >= 11 is 1.20. The highest BCUT2D eigenvalue weighted by Crippen LogP contribution is 2.14. The van der Waals surface area contributed by atoms with Crippen molar-refractivity contribution in [2.24, 2.45) is 0 Å². The van der Waals surface area contributed by atoms with Crippen molar-refractivity contribution in [2.75, 3.05) is 12.3 Å². The Hall–Kier alpha value is -1.11. The molecule has 0 aliphatic carbocycles. The molecule has 1 N–H and O–H groups in total. The fourth-order valence-corrected chi connectivity index (χ4v) is 1.64. The Labute approximate surface area is 94.4 Å². The molecule has 0 atom stereocenters. The Bertz CT molecular complexity index is 324. The third-order valence-corrected chi connectivity index (χ3v) is 2.50. The van der Waals surface area contributed by atoms with E-state index in [1.807, 2.05) is 0 Å². The second-order valence-corrected chi connectivity index (χ2v) is 3.95. The first-order valence-electron chi connectivity index (χ1n) is 4.41. The molecule has 0 bridgehead atoms. The van der Waals surface area contributed by atoms with Gasteiger partial charge in [0.15, 0.2) is 0 Å². The zero-order valence-corrected chi connectivity index (χ0v) is 9.03. The van der Waals surface area contributed by atoms with Gasteiger partial charge < -0.3 is 9.73 Å². The molecule has 0 radical (unpaired) electrons. The molecular formula is C9H10F3NO2S. The predicted octanol–water partition coefficient (Wildman–Crippen LogP) is 2.19. The van der Waals surface area contributed by atoms with Gasteiger partial charge in [-0.1, -0.05) is 0 Å². The second-order valence-electron chi connectivity index (χ2n) is 2.96. The van der Waals surface area contributed by atoms with E-state index < -0.39 is 18.6 Å². The van der Waals surface area contributed by atoms with Crippen LogP contribution in [0.5, 0.6) is 0 Å². The Balaban J connectivity index is 2.11.